The van der Waals surface area contributed by atoms with Crippen LogP contribution in [0.1, 0.15) is 11.1 Å². The average Bonchev–Trinajstić information content (AvgIpc) is 3.11. The highest BCUT2D eigenvalue weighted by atomic mass is 79.9. The van der Waals surface area contributed by atoms with Gasteiger partial charge in [-0.2, -0.15) is 5.10 Å². The molecule has 0 aliphatic carbocycles. The summed E-state index contributed by atoms with van der Waals surface area (Å²) in [4.78, 5) is 4.23. The Morgan fingerprint density at radius 1 is 1.21 bits per heavy atom. The molecular formula is C15H12BrN5O2S. The molecule has 0 spiro atoms. The molecule has 2 heterocycles. The molecule has 0 radical (unpaired) electrons. The molecule has 0 unspecified atom stereocenters. The molecule has 0 fully saturated rings. The van der Waals surface area contributed by atoms with Crippen molar-refractivity contribution >= 4 is 37.5 Å². The summed E-state index contributed by atoms with van der Waals surface area (Å²) >= 11 is 3.29. The standard InChI is InChI=1S/C15H12BrN5O2S/c16-11-6-13(14(17)10-7-19-20-8-10)15(18-9-11)21-24(22,23)12-4-2-1-3-5-12/h1-9,17H,(H,18,21)(H,19,20). The molecular weight excluding hydrogens is 394 g/mol. The topological polar surface area (TPSA) is 112 Å². The number of hydrogen-bond acceptors (Lipinski definition) is 5. The molecule has 0 saturated carbocycles. The lowest BCUT2D eigenvalue weighted by molar-refractivity contribution is 0.601. The maximum Gasteiger partial charge on any atom is 0.263 e. The fourth-order valence-electron chi connectivity index (χ4n) is 2.04. The lowest BCUT2D eigenvalue weighted by Crippen LogP contribution is -2.17. The predicted octanol–water partition coefficient (Wildman–Crippen LogP) is 2.78. The zero-order valence-electron chi connectivity index (χ0n) is 12.2. The SMILES string of the molecule is N=C(c1cn[nH]c1)c1cc(Br)cnc1NS(=O)(=O)c1ccccc1. The molecule has 3 aromatic rings. The van der Waals surface area contributed by atoms with Crippen molar-refractivity contribution in [2.24, 2.45) is 0 Å². The van der Waals surface area contributed by atoms with Gasteiger partial charge in [-0.25, -0.2) is 13.4 Å². The summed E-state index contributed by atoms with van der Waals surface area (Å²) in [5, 5.41) is 14.7. The van der Waals surface area contributed by atoms with Crippen LogP contribution >= 0.6 is 15.9 Å². The fraction of sp³-hybridized carbons (Fsp3) is 0. The minimum atomic E-state index is -3.80. The van der Waals surface area contributed by atoms with E-state index in [0.717, 1.165) is 0 Å². The van der Waals surface area contributed by atoms with E-state index in [0.29, 0.717) is 15.6 Å². The minimum absolute atomic E-state index is 0.0771. The van der Waals surface area contributed by atoms with Crippen molar-refractivity contribution in [2.45, 2.75) is 4.90 Å². The monoisotopic (exact) mass is 405 g/mol. The fourth-order valence-corrected chi connectivity index (χ4v) is 3.42. The summed E-state index contributed by atoms with van der Waals surface area (Å²) in [6, 6.07) is 9.61. The minimum Gasteiger partial charge on any atom is -0.299 e. The molecule has 0 saturated heterocycles. The van der Waals surface area contributed by atoms with Crippen LogP contribution in [0.15, 0.2) is 64.4 Å². The van der Waals surface area contributed by atoms with Crippen molar-refractivity contribution in [3.63, 3.8) is 0 Å². The quantitative estimate of drug-likeness (QED) is 0.566. The van der Waals surface area contributed by atoms with Gasteiger partial charge in [-0.15, -0.1) is 0 Å². The number of hydrogen-bond donors (Lipinski definition) is 3. The third-order valence-corrected chi connectivity index (χ3v) is 4.98. The molecule has 0 bridgehead atoms. The Bertz CT molecular complexity index is 972. The van der Waals surface area contributed by atoms with Gasteiger partial charge in [0.1, 0.15) is 5.82 Å². The van der Waals surface area contributed by atoms with Crippen LogP contribution in [0, 0.1) is 5.41 Å². The van der Waals surface area contributed by atoms with Gasteiger partial charge < -0.3 is 0 Å². The molecule has 3 N–H and O–H groups in total. The van der Waals surface area contributed by atoms with Gasteiger partial charge in [0, 0.05) is 28.0 Å². The smallest absolute Gasteiger partial charge is 0.263 e. The van der Waals surface area contributed by atoms with Crippen molar-refractivity contribution < 1.29 is 8.42 Å². The van der Waals surface area contributed by atoms with Crippen LogP contribution in [0.5, 0.6) is 0 Å². The second kappa shape index (κ2) is 6.54. The number of anilines is 1. The van der Waals surface area contributed by atoms with E-state index in [1.165, 1.54) is 24.5 Å². The van der Waals surface area contributed by atoms with Crippen molar-refractivity contribution in [3.05, 3.63) is 70.6 Å². The van der Waals surface area contributed by atoms with E-state index in [4.69, 9.17) is 5.41 Å². The van der Waals surface area contributed by atoms with Gasteiger partial charge in [0.15, 0.2) is 0 Å². The number of benzene rings is 1. The Hall–Kier alpha value is -2.52. The summed E-state index contributed by atoms with van der Waals surface area (Å²) < 4.78 is 28.1. The van der Waals surface area contributed by atoms with Gasteiger partial charge >= 0.3 is 0 Å². The first-order valence-corrected chi connectivity index (χ1v) is 9.06. The van der Waals surface area contributed by atoms with Crippen molar-refractivity contribution in [2.75, 3.05) is 4.72 Å². The van der Waals surface area contributed by atoms with Gasteiger partial charge in [-0.05, 0) is 34.1 Å². The molecule has 2 aromatic heterocycles. The first kappa shape index (κ1) is 16.3. The second-order valence-corrected chi connectivity index (χ2v) is 7.43. The third kappa shape index (κ3) is 3.36. The maximum absolute atomic E-state index is 12.5. The van der Waals surface area contributed by atoms with Gasteiger partial charge in [0.2, 0.25) is 0 Å². The van der Waals surface area contributed by atoms with Gasteiger partial charge in [-0.1, -0.05) is 18.2 Å². The first-order chi connectivity index (χ1) is 11.5. The van der Waals surface area contributed by atoms with Gasteiger partial charge in [0.05, 0.1) is 16.8 Å². The summed E-state index contributed by atoms with van der Waals surface area (Å²) in [7, 11) is -3.80. The Labute approximate surface area is 146 Å². The van der Waals surface area contributed by atoms with Crippen LogP contribution in [0.25, 0.3) is 0 Å². The van der Waals surface area contributed by atoms with Crippen LogP contribution in [0.4, 0.5) is 5.82 Å². The van der Waals surface area contributed by atoms with Crippen LogP contribution in [0.2, 0.25) is 0 Å². The molecule has 7 nitrogen and oxygen atoms in total. The number of H-pyrrole nitrogens is 1. The highest BCUT2D eigenvalue weighted by Crippen LogP contribution is 2.23. The number of nitrogens with zero attached hydrogens (tertiary/aromatic N) is 2. The number of rotatable bonds is 5. The molecule has 24 heavy (non-hydrogen) atoms. The zero-order chi connectivity index (χ0) is 17.2. The Balaban J connectivity index is 2.02. The van der Waals surface area contributed by atoms with E-state index in [-0.39, 0.29) is 16.4 Å². The molecule has 0 atom stereocenters. The number of aromatic nitrogens is 3. The summed E-state index contributed by atoms with van der Waals surface area (Å²) in [6.07, 6.45) is 4.51. The predicted molar refractivity (Wildman–Crippen MR) is 93.7 cm³/mol. The first-order valence-electron chi connectivity index (χ1n) is 6.79. The number of aromatic amines is 1. The summed E-state index contributed by atoms with van der Waals surface area (Å²) in [6.45, 7) is 0. The normalized spacial score (nSPS) is 11.2. The molecule has 0 aliphatic heterocycles. The van der Waals surface area contributed by atoms with E-state index < -0.39 is 10.0 Å². The Kier molecular flexibility index (Phi) is 4.45. The van der Waals surface area contributed by atoms with Crippen LogP contribution < -0.4 is 4.72 Å². The molecule has 9 heteroatoms. The van der Waals surface area contributed by atoms with Crippen molar-refractivity contribution in [1.82, 2.24) is 15.2 Å². The van der Waals surface area contributed by atoms with E-state index in [1.807, 2.05) is 0 Å². The molecule has 3 rings (SSSR count). The Morgan fingerprint density at radius 2 is 1.96 bits per heavy atom. The van der Waals surface area contributed by atoms with E-state index in [2.05, 4.69) is 35.8 Å². The largest absolute Gasteiger partial charge is 0.299 e. The molecule has 1 aromatic carbocycles. The molecule has 0 aliphatic rings. The summed E-state index contributed by atoms with van der Waals surface area (Å²) in [5.74, 6) is 0.0771. The highest BCUT2D eigenvalue weighted by molar-refractivity contribution is 9.10. The Morgan fingerprint density at radius 3 is 2.62 bits per heavy atom. The summed E-state index contributed by atoms with van der Waals surface area (Å²) in [5.41, 5.74) is 0.962. The van der Waals surface area contributed by atoms with Gasteiger partial charge in [0.25, 0.3) is 10.0 Å². The zero-order valence-corrected chi connectivity index (χ0v) is 14.6. The molecule has 0 amide bonds. The lowest BCUT2D eigenvalue weighted by Gasteiger charge is -2.12. The van der Waals surface area contributed by atoms with E-state index >= 15 is 0 Å². The van der Waals surface area contributed by atoms with Crippen LogP contribution in [-0.2, 0) is 10.0 Å². The van der Waals surface area contributed by atoms with Crippen molar-refractivity contribution in [3.8, 4) is 0 Å². The third-order valence-electron chi connectivity index (χ3n) is 3.20. The van der Waals surface area contributed by atoms with Crippen LogP contribution in [-0.4, -0.2) is 29.3 Å². The van der Waals surface area contributed by atoms with Gasteiger partial charge in [-0.3, -0.25) is 15.2 Å². The number of sulfonamides is 1. The maximum atomic E-state index is 12.5. The van der Waals surface area contributed by atoms with E-state index in [9.17, 15) is 8.42 Å². The molecule has 122 valence electrons. The lowest BCUT2D eigenvalue weighted by atomic mass is 10.1. The number of nitrogens with one attached hydrogen (secondary N) is 3. The van der Waals surface area contributed by atoms with E-state index in [1.54, 1.807) is 30.5 Å². The highest BCUT2D eigenvalue weighted by Gasteiger charge is 2.19. The number of pyridine rings is 1. The number of halogens is 1. The van der Waals surface area contributed by atoms with Crippen LogP contribution in [0.3, 0.4) is 0 Å². The van der Waals surface area contributed by atoms with Crippen molar-refractivity contribution in [1.29, 1.82) is 5.41 Å². The average molecular weight is 406 g/mol. The second-order valence-electron chi connectivity index (χ2n) is 4.83.